The van der Waals surface area contributed by atoms with Gasteiger partial charge in [0.1, 0.15) is 0 Å². The predicted molar refractivity (Wildman–Crippen MR) is 282 cm³/mol. The molecule has 0 aliphatic heterocycles. The molecular weight excluding hydrogens is 967 g/mol. The van der Waals surface area contributed by atoms with Crippen LogP contribution in [0.5, 0.6) is 6.01 Å². The molecule has 73 heavy (non-hydrogen) atoms. The molecule has 0 atom stereocenters. The van der Waals surface area contributed by atoms with Gasteiger partial charge in [-0.15, -0.1) is 19.7 Å². The molecule has 0 aliphatic carbocycles. The highest BCUT2D eigenvalue weighted by molar-refractivity contribution is 7.90. The van der Waals surface area contributed by atoms with Crippen molar-refractivity contribution in [3.05, 3.63) is 129 Å². The third-order valence-electron chi connectivity index (χ3n) is 9.76. The number of aliphatic hydroxyl groups excluding tert-OH is 1. The summed E-state index contributed by atoms with van der Waals surface area (Å²) in [6.45, 7) is 26.5. The minimum Gasteiger partial charge on any atom is -0.463 e. The number of hydrogen-bond donors (Lipinski definition) is 3. The van der Waals surface area contributed by atoms with Crippen molar-refractivity contribution < 1.29 is 47.2 Å². The van der Waals surface area contributed by atoms with Crippen LogP contribution in [-0.2, 0) is 45.2 Å². The third kappa shape index (κ3) is 21.8. The highest BCUT2D eigenvalue weighted by Gasteiger charge is 2.34. The molecule has 0 spiro atoms. The Bertz CT molecular complexity index is 2540. The van der Waals surface area contributed by atoms with E-state index >= 15 is 0 Å². The Kier molecular flexibility index (Phi) is 29.5. The number of nitrogens with two attached hydrogens (primary N) is 2. The Morgan fingerprint density at radius 1 is 0.712 bits per heavy atom. The van der Waals surface area contributed by atoms with Crippen LogP contribution in [0.25, 0.3) is 0 Å². The molecule has 24 heteroatoms. The summed E-state index contributed by atoms with van der Waals surface area (Å²) < 4.78 is 39.4. The van der Waals surface area contributed by atoms with Crippen LogP contribution in [0.3, 0.4) is 0 Å². The van der Waals surface area contributed by atoms with Gasteiger partial charge in [0, 0.05) is 12.9 Å². The maximum atomic E-state index is 12.7. The first-order valence-electron chi connectivity index (χ1n) is 23.4. The molecule has 0 fully saturated rings. The van der Waals surface area contributed by atoms with Crippen LogP contribution in [-0.4, -0.2) is 113 Å². The Hall–Kier alpha value is -7.57. The predicted octanol–water partition coefficient (Wildman–Crippen LogP) is 8.20. The van der Waals surface area contributed by atoms with E-state index in [9.17, 15) is 38.2 Å². The van der Waals surface area contributed by atoms with Gasteiger partial charge in [-0.25, -0.2) is 18.0 Å². The summed E-state index contributed by atoms with van der Waals surface area (Å²) in [5, 5.41) is 30.5. The molecule has 0 bridgehead atoms. The van der Waals surface area contributed by atoms with Crippen LogP contribution in [0.1, 0.15) is 83.1 Å². The number of rotatable bonds is 24. The van der Waals surface area contributed by atoms with E-state index in [0.717, 1.165) is 45.6 Å². The van der Waals surface area contributed by atoms with E-state index in [4.69, 9.17) is 30.8 Å². The summed E-state index contributed by atoms with van der Waals surface area (Å²) in [5.74, 6) is -1.92. The number of hydrogen-bond acceptors (Lipinski definition) is 19. The first-order valence-corrected chi connectivity index (χ1v) is 25.3. The average molecular weight is 1040 g/mol. The van der Waals surface area contributed by atoms with Crippen molar-refractivity contribution in [2.75, 3.05) is 73.6 Å². The Morgan fingerprint density at radius 2 is 1.15 bits per heavy atom. The topological polar surface area (TPSA) is 316 Å². The number of carbonyl (C=O) groups is 2. The first kappa shape index (κ1) is 63.4. The van der Waals surface area contributed by atoms with Gasteiger partial charge in [0.15, 0.2) is 0 Å². The van der Waals surface area contributed by atoms with Crippen LogP contribution < -0.4 is 26.0 Å². The van der Waals surface area contributed by atoms with Crippen molar-refractivity contribution in [3.8, 4) is 6.01 Å². The molecule has 23 nitrogen and oxygen atoms in total. The maximum Gasteiger partial charge on any atom is 0.415 e. The fraction of sp³-hybridized carbons (Fsp3) is 0.429. The lowest BCUT2D eigenvalue weighted by molar-refractivity contribution is -0.383. The zero-order valence-electron chi connectivity index (χ0n) is 42.9. The summed E-state index contributed by atoms with van der Waals surface area (Å²) in [7, 11) is -3.96. The van der Waals surface area contributed by atoms with Gasteiger partial charge in [-0.1, -0.05) is 101 Å². The quantitative estimate of drug-likeness (QED) is 0.0196. The fourth-order valence-corrected chi connectivity index (χ4v) is 6.68. The largest absolute Gasteiger partial charge is 0.463 e. The zero-order chi connectivity index (χ0) is 55.1. The standard InChI is InChI=1S/C21H27N5O5.C18H21N5O6S.C6H15N.C4H8O/c1-4-7-12-31-20-23-18(22)17(26(28)29)19(24-20)25(21(27)30-6-3)14-16-11-8-10-15(13-16)9-5-2;1-4-7-12-8-6-9-13(10-12)11-22(18(24)29-5-2)16-14(23(25)26)15(19)20-17(21-16)30(3,27)28;1-4-7(5-2)6-3;1-2-3-4-5/h5,8,10-11,13H,2,4,6-7,9,12,14H2,1,3H3,(H2,22,23,24);4,6,8-10H,1,5,7,11H2,2-3H3,(H2,19,20,21);4-6H2,1-3H3;2,5H,1,3-4H2. The van der Waals surface area contributed by atoms with Crippen molar-refractivity contribution in [3.63, 3.8) is 0 Å². The number of allylic oxidation sites excluding steroid dienone is 2. The monoisotopic (exact) mass is 1040 g/mol. The molecule has 2 aromatic heterocycles. The number of unbranched alkanes of at least 4 members (excludes halogenated alkanes) is 1. The van der Waals surface area contributed by atoms with Gasteiger partial charge in [0.25, 0.3) is 5.16 Å². The number of anilines is 4. The van der Waals surface area contributed by atoms with Crippen LogP contribution in [0, 0.1) is 20.2 Å². The molecule has 5 N–H and O–H groups in total. The number of nitrogens with zero attached hydrogens (tertiary/aromatic N) is 9. The van der Waals surface area contributed by atoms with Crippen molar-refractivity contribution in [1.29, 1.82) is 0 Å². The first-order chi connectivity index (χ1) is 34.7. The molecule has 4 aromatic rings. The maximum absolute atomic E-state index is 12.7. The van der Waals surface area contributed by atoms with Crippen molar-refractivity contribution in [2.24, 2.45) is 0 Å². The molecule has 0 unspecified atom stereocenters. The molecule has 0 saturated carbocycles. The molecule has 2 amide bonds. The lowest BCUT2D eigenvalue weighted by Gasteiger charge is -2.22. The van der Waals surface area contributed by atoms with Crippen LogP contribution in [0.2, 0.25) is 0 Å². The van der Waals surface area contributed by atoms with E-state index < -0.39 is 65.9 Å². The lowest BCUT2D eigenvalue weighted by Crippen LogP contribution is -2.33. The van der Waals surface area contributed by atoms with Gasteiger partial charge in [-0.05, 0) is 81.4 Å². The summed E-state index contributed by atoms with van der Waals surface area (Å²) >= 11 is 0. The number of aromatic nitrogens is 4. The minimum absolute atomic E-state index is 0.0147. The second kappa shape index (κ2) is 33.9. The zero-order valence-corrected chi connectivity index (χ0v) is 43.7. The number of aliphatic hydroxyl groups is 1. The second-order valence-electron chi connectivity index (χ2n) is 15.2. The number of carbonyl (C=O) groups excluding carboxylic acids is 2. The Labute approximate surface area is 427 Å². The molecule has 2 heterocycles. The normalized spacial score (nSPS) is 10.4. The van der Waals surface area contributed by atoms with Gasteiger partial charge >= 0.3 is 29.6 Å². The minimum atomic E-state index is -3.96. The molecule has 0 radical (unpaired) electrons. The van der Waals surface area contributed by atoms with Gasteiger partial charge in [0.2, 0.25) is 33.1 Å². The molecule has 4 rings (SSSR count). The van der Waals surface area contributed by atoms with Crippen LogP contribution >= 0.6 is 0 Å². The number of nitro groups is 2. The highest BCUT2D eigenvalue weighted by Crippen LogP contribution is 2.35. The van der Waals surface area contributed by atoms with Crippen molar-refractivity contribution >= 4 is 56.7 Å². The number of nitrogen functional groups attached to an aromatic ring is 2. The number of benzene rings is 2. The Morgan fingerprint density at radius 3 is 1.49 bits per heavy atom. The van der Waals surface area contributed by atoms with E-state index in [2.05, 4.69) is 65.3 Å². The van der Waals surface area contributed by atoms with Crippen LogP contribution in [0.4, 0.5) is 44.2 Å². The SMILES string of the molecule is C=CCCO.C=CCc1cccc(CN(C(=O)OCC)c2nc(OCCCC)nc(N)c2[N+](=O)[O-])c1.C=CCc1cccc(CN(C(=O)OCC)c2nc(S(C)(=O)=O)nc(N)c2[N+](=O)[O-])c1.CCN(CC)CC. The number of sulfone groups is 1. The van der Waals surface area contributed by atoms with E-state index in [1.165, 1.54) is 19.6 Å². The number of amides is 2. The summed E-state index contributed by atoms with van der Waals surface area (Å²) in [4.78, 5) is 66.7. The number of ether oxygens (including phenoxy) is 3. The second-order valence-corrected chi connectivity index (χ2v) is 17.1. The van der Waals surface area contributed by atoms with Gasteiger partial charge in [0.05, 0.1) is 42.8 Å². The lowest BCUT2D eigenvalue weighted by atomic mass is 10.1. The van der Waals surface area contributed by atoms with E-state index in [1.807, 2.05) is 31.2 Å². The van der Waals surface area contributed by atoms with Crippen molar-refractivity contribution in [1.82, 2.24) is 24.8 Å². The van der Waals surface area contributed by atoms with E-state index in [0.29, 0.717) is 31.4 Å². The van der Waals surface area contributed by atoms with E-state index in [-0.39, 0.29) is 44.7 Å². The molecule has 0 aliphatic rings. The smallest absolute Gasteiger partial charge is 0.415 e. The summed E-state index contributed by atoms with van der Waals surface area (Å²) in [6.07, 6.45) is 7.78. The molecular formula is C49H71N11O12S. The Balaban J connectivity index is 0.000000596. The molecule has 2 aromatic carbocycles. The fourth-order valence-electron chi connectivity index (χ4n) is 6.17. The third-order valence-corrected chi connectivity index (χ3v) is 10.6. The molecule has 400 valence electrons. The summed E-state index contributed by atoms with van der Waals surface area (Å²) in [6, 6.07) is 14.4. The molecule has 0 saturated heterocycles. The van der Waals surface area contributed by atoms with Gasteiger partial charge < -0.3 is 35.7 Å². The van der Waals surface area contributed by atoms with Crippen LogP contribution in [0.15, 0.2) is 91.7 Å². The van der Waals surface area contributed by atoms with E-state index in [1.54, 1.807) is 56.3 Å². The average Bonchev–Trinajstić information content (AvgIpc) is 3.33. The van der Waals surface area contributed by atoms with Crippen molar-refractivity contribution in [2.45, 2.75) is 91.9 Å². The van der Waals surface area contributed by atoms with Gasteiger partial charge in [-0.2, -0.15) is 19.9 Å². The highest BCUT2D eigenvalue weighted by atomic mass is 32.2. The summed E-state index contributed by atoms with van der Waals surface area (Å²) in [5.41, 5.74) is 13.3. The van der Waals surface area contributed by atoms with Gasteiger partial charge in [-0.3, -0.25) is 30.0 Å².